The molecule has 0 radical (unpaired) electrons. The van der Waals surface area contributed by atoms with Crippen LogP contribution in [-0.4, -0.2) is 18.1 Å². The molecule has 0 spiro atoms. The summed E-state index contributed by atoms with van der Waals surface area (Å²) in [5, 5.41) is 2.59. The molecule has 0 unspecified atom stereocenters. The lowest BCUT2D eigenvalue weighted by molar-refractivity contribution is -0.157. The molecule has 5 heteroatoms. The molecular formula is C3HF2NO2. The minimum Gasteiger partial charge on any atom is -0.311 e. The lowest BCUT2D eigenvalue weighted by Gasteiger charge is -1.94. The number of alkyl halides is 2. The van der Waals surface area contributed by atoms with E-state index >= 15 is 0 Å². The van der Waals surface area contributed by atoms with E-state index in [4.69, 9.17) is 0 Å². The Hall–Kier alpha value is -1.00. The number of halogens is 2. The van der Waals surface area contributed by atoms with Gasteiger partial charge in [-0.15, -0.1) is 0 Å². The van der Waals surface area contributed by atoms with E-state index in [1.165, 1.54) is 0 Å². The summed E-state index contributed by atoms with van der Waals surface area (Å²) in [5.41, 5.74) is 0. The van der Waals surface area contributed by atoms with Gasteiger partial charge in [0.25, 0.3) is 0 Å². The Morgan fingerprint density at radius 1 is 1.75 bits per heavy atom. The second-order valence-electron chi connectivity index (χ2n) is 1.24. The van der Waals surface area contributed by atoms with Crippen LogP contribution in [0.1, 0.15) is 0 Å². The summed E-state index contributed by atoms with van der Waals surface area (Å²) >= 11 is 0. The van der Waals surface area contributed by atoms with Crippen LogP contribution in [0.5, 0.6) is 0 Å². The zero-order valence-electron chi connectivity index (χ0n) is 3.60. The molecule has 0 atom stereocenters. The fourth-order valence-electron chi connectivity index (χ4n) is 0.254. The maximum atomic E-state index is 11.7. The number of rotatable bonds is 0. The second-order valence-corrected chi connectivity index (χ2v) is 1.24. The molecule has 0 bridgehead atoms. The van der Waals surface area contributed by atoms with Crippen LogP contribution in [0.15, 0.2) is 5.16 Å². The molecule has 0 fully saturated rings. The minimum atomic E-state index is -3.50. The summed E-state index contributed by atoms with van der Waals surface area (Å²) in [4.78, 5) is 13.3. The largest absolute Gasteiger partial charge is 0.409 e. The molecule has 0 aliphatic carbocycles. The van der Waals surface area contributed by atoms with E-state index in [0.29, 0.717) is 0 Å². The van der Waals surface area contributed by atoms with Crippen LogP contribution in [0.25, 0.3) is 0 Å². The average molecular weight is 121 g/mol. The van der Waals surface area contributed by atoms with E-state index in [1.807, 2.05) is 0 Å². The SMILES string of the molecule is O=C1ON=CC1(F)F. The fraction of sp³-hybridized carbons (Fsp3) is 0.333. The highest BCUT2D eigenvalue weighted by Crippen LogP contribution is 2.16. The van der Waals surface area contributed by atoms with E-state index in [9.17, 15) is 13.6 Å². The highest BCUT2D eigenvalue weighted by Gasteiger charge is 2.43. The van der Waals surface area contributed by atoms with Crippen LogP contribution in [-0.2, 0) is 9.63 Å². The van der Waals surface area contributed by atoms with Gasteiger partial charge in [0.1, 0.15) is 6.21 Å². The molecule has 0 saturated carbocycles. The van der Waals surface area contributed by atoms with Crippen LogP contribution in [0, 0.1) is 0 Å². The van der Waals surface area contributed by atoms with Crippen molar-refractivity contribution in [1.82, 2.24) is 0 Å². The van der Waals surface area contributed by atoms with Gasteiger partial charge in [-0.3, -0.25) is 0 Å². The van der Waals surface area contributed by atoms with E-state index < -0.39 is 11.9 Å². The molecule has 0 saturated heterocycles. The maximum Gasteiger partial charge on any atom is 0.409 e. The molecule has 1 heterocycles. The van der Waals surface area contributed by atoms with E-state index in [2.05, 4.69) is 9.99 Å². The monoisotopic (exact) mass is 121 g/mol. The van der Waals surface area contributed by atoms with Crippen molar-refractivity contribution in [2.24, 2.45) is 5.16 Å². The van der Waals surface area contributed by atoms with Crippen LogP contribution in [0.2, 0.25) is 0 Å². The van der Waals surface area contributed by atoms with Crippen molar-refractivity contribution < 1.29 is 18.4 Å². The number of carbonyl (C=O) groups excluding carboxylic acids is 1. The van der Waals surface area contributed by atoms with Crippen molar-refractivity contribution >= 4 is 12.2 Å². The Kier molecular flexibility index (Phi) is 0.797. The van der Waals surface area contributed by atoms with Gasteiger partial charge >= 0.3 is 11.9 Å². The van der Waals surface area contributed by atoms with Crippen molar-refractivity contribution in [3.05, 3.63) is 0 Å². The molecular weight excluding hydrogens is 120 g/mol. The number of hydrogen-bond acceptors (Lipinski definition) is 3. The summed E-state index contributed by atoms with van der Waals surface area (Å²) in [6.07, 6.45) is 0.162. The Bertz CT molecular complexity index is 153. The molecule has 1 aliphatic heterocycles. The molecule has 0 N–H and O–H groups in total. The average Bonchev–Trinajstić information content (AvgIpc) is 1.86. The molecule has 0 amide bonds. The highest BCUT2D eigenvalue weighted by molar-refractivity contribution is 5.99. The molecule has 0 aromatic heterocycles. The van der Waals surface area contributed by atoms with Gasteiger partial charge in [0.2, 0.25) is 0 Å². The Labute approximate surface area is 42.9 Å². The van der Waals surface area contributed by atoms with Crippen molar-refractivity contribution in [3.8, 4) is 0 Å². The molecule has 44 valence electrons. The summed E-state index contributed by atoms with van der Waals surface area (Å²) < 4.78 is 23.4. The predicted molar refractivity (Wildman–Crippen MR) is 19.5 cm³/mol. The first kappa shape index (κ1) is 5.14. The van der Waals surface area contributed by atoms with Gasteiger partial charge in [0.05, 0.1) is 0 Å². The Morgan fingerprint density at radius 3 is 2.50 bits per heavy atom. The van der Waals surface area contributed by atoms with E-state index in [0.717, 1.165) is 0 Å². The molecule has 0 aromatic rings. The van der Waals surface area contributed by atoms with Gasteiger partial charge in [0.15, 0.2) is 0 Å². The van der Waals surface area contributed by atoms with Gasteiger partial charge in [-0.1, -0.05) is 5.16 Å². The topological polar surface area (TPSA) is 38.7 Å². The fourth-order valence-corrected chi connectivity index (χ4v) is 0.254. The normalized spacial score (nSPS) is 23.5. The third kappa shape index (κ3) is 0.556. The number of oxime groups is 1. The van der Waals surface area contributed by atoms with Gasteiger partial charge in [-0.25, -0.2) is 4.79 Å². The molecule has 3 nitrogen and oxygen atoms in total. The van der Waals surface area contributed by atoms with Gasteiger partial charge in [0, 0.05) is 0 Å². The maximum absolute atomic E-state index is 11.7. The number of nitrogens with zero attached hydrogens (tertiary/aromatic N) is 1. The number of hydrogen-bond donors (Lipinski definition) is 0. The van der Waals surface area contributed by atoms with Crippen molar-refractivity contribution in [2.75, 3.05) is 0 Å². The van der Waals surface area contributed by atoms with Crippen LogP contribution >= 0.6 is 0 Å². The quantitative estimate of drug-likeness (QED) is 0.428. The van der Waals surface area contributed by atoms with E-state index in [1.54, 1.807) is 0 Å². The first-order valence-electron chi connectivity index (χ1n) is 1.77. The summed E-state index contributed by atoms with van der Waals surface area (Å²) in [6, 6.07) is 0. The van der Waals surface area contributed by atoms with Crippen LogP contribution in [0.4, 0.5) is 8.78 Å². The first-order valence-corrected chi connectivity index (χ1v) is 1.77. The third-order valence-electron chi connectivity index (χ3n) is 0.623. The summed E-state index contributed by atoms with van der Waals surface area (Å²) in [5.74, 6) is -5.11. The standard InChI is InChI=1S/C3HF2NO2/c4-3(5)1-6-8-2(3)7/h1H. The molecule has 0 aromatic carbocycles. The minimum absolute atomic E-state index is 0.162. The molecule has 8 heavy (non-hydrogen) atoms. The van der Waals surface area contributed by atoms with Gasteiger partial charge < -0.3 is 4.84 Å². The van der Waals surface area contributed by atoms with Crippen molar-refractivity contribution in [3.63, 3.8) is 0 Å². The van der Waals surface area contributed by atoms with Crippen molar-refractivity contribution in [2.45, 2.75) is 5.92 Å². The third-order valence-corrected chi connectivity index (χ3v) is 0.623. The predicted octanol–water partition coefficient (Wildman–Crippen LogP) is 0.164. The van der Waals surface area contributed by atoms with Gasteiger partial charge in [-0.05, 0) is 0 Å². The lowest BCUT2D eigenvalue weighted by atomic mass is 10.4. The molecule has 1 rings (SSSR count). The molecule has 1 aliphatic rings. The smallest absolute Gasteiger partial charge is 0.311 e. The Morgan fingerprint density at radius 2 is 2.38 bits per heavy atom. The zero-order chi connectivity index (χ0) is 6.20. The zero-order valence-corrected chi connectivity index (χ0v) is 3.60. The second kappa shape index (κ2) is 1.24. The van der Waals surface area contributed by atoms with Gasteiger partial charge in [-0.2, -0.15) is 8.78 Å². The van der Waals surface area contributed by atoms with Crippen LogP contribution in [0.3, 0.4) is 0 Å². The number of carbonyl (C=O) groups is 1. The van der Waals surface area contributed by atoms with Crippen molar-refractivity contribution in [1.29, 1.82) is 0 Å². The van der Waals surface area contributed by atoms with Crippen LogP contribution < -0.4 is 0 Å². The lowest BCUT2D eigenvalue weighted by Crippen LogP contribution is -2.25. The Balaban J connectivity index is 2.82. The van der Waals surface area contributed by atoms with E-state index in [-0.39, 0.29) is 6.21 Å². The summed E-state index contributed by atoms with van der Waals surface area (Å²) in [6.45, 7) is 0. The first-order chi connectivity index (χ1) is 3.63. The summed E-state index contributed by atoms with van der Waals surface area (Å²) in [7, 11) is 0. The highest BCUT2D eigenvalue weighted by atomic mass is 19.3.